The summed E-state index contributed by atoms with van der Waals surface area (Å²) >= 11 is 0. The van der Waals surface area contributed by atoms with E-state index in [4.69, 9.17) is 0 Å². The van der Waals surface area contributed by atoms with Gasteiger partial charge in [0.05, 0.1) is 5.52 Å². The second-order valence-corrected chi connectivity index (χ2v) is 3.38. The number of pyridine rings is 1. The highest BCUT2D eigenvalue weighted by Crippen LogP contribution is 2.20. The standard InChI is InChI=1S/C12H12N/c1-8-9(2)11-6-4-5-7-12(11)13-10(8)3/h4-5,7H,1-3H3. The average molecular weight is 170 g/mol. The van der Waals surface area contributed by atoms with Crippen LogP contribution in [0.2, 0.25) is 0 Å². The molecule has 0 spiro atoms. The van der Waals surface area contributed by atoms with Crippen LogP contribution in [0.5, 0.6) is 0 Å². The second-order valence-electron chi connectivity index (χ2n) is 3.38. The van der Waals surface area contributed by atoms with Gasteiger partial charge >= 0.3 is 0 Å². The van der Waals surface area contributed by atoms with E-state index in [1.807, 2.05) is 18.2 Å². The zero-order valence-electron chi connectivity index (χ0n) is 8.18. The maximum absolute atomic E-state index is 4.50. The van der Waals surface area contributed by atoms with Crippen LogP contribution in [0.3, 0.4) is 0 Å². The molecule has 1 heteroatoms. The minimum Gasteiger partial charge on any atom is -0.253 e. The lowest BCUT2D eigenvalue weighted by Crippen LogP contribution is -1.92. The van der Waals surface area contributed by atoms with Crippen LogP contribution in [-0.2, 0) is 0 Å². The molecule has 0 aliphatic carbocycles. The van der Waals surface area contributed by atoms with Crippen molar-refractivity contribution in [3.8, 4) is 0 Å². The summed E-state index contributed by atoms with van der Waals surface area (Å²) in [4.78, 5) is 4.50. The smallest absolute Gasteiger partial charge is 0.0714 e. The largest absolute Gasteiger partial charge is 0.253 e. The van der Waals surface area contributed by atoms with Crippen molar-refractivity contribution in [2.45, 2.75) is 20.8 Å². The van der Waals surface area contributed by atoms with E-state index in [-0.39, 0.29) is 0 Å². The molecule has 0 N–H and O–H groups in total. The van der Waals surface area contributed by atoms with Gasteiger partial charge in [-0.25, -0.2) is 0 Å². The number of nitrogens with zero attached hydrogens (tertiary/aromatic N) is 1. The van der Waals surface area contributed by atoms with Gasteiger partial charge in [-0.05, 0) is 44.0 Å². The van der Waals surface area contributed by atoms with E-state index in [1.54, 1.807) is 0 Å². The van der Waals surface area contributed by atoms with Gasteiger partial charge in [0.25, 0.3) is 0 Å². The van der Waals surface area contributed by atoms with Gasteiger partial charge in [0.2, 0.25) is 0 Å². The van der Waals surface area contributed by atoms with Crippen molar-refractivity contribution in [1.29, 1.82) is 0 Å². The number of aromatic nitrogens is 1. The summed E-state index contributed by atoms with van der Waals surface area (Å²) in [5.41, 5.74) is 4.73. The van der Waals surface area contributed by atoms with Crippen LogP contribution in [-0.4, -0.2) is 4.98 Å². The van der Waals surface area contributed by atoms with E-state index in [2.05, 4.69) is 31.8 Å². The van der Waals surface area contributed by atoms with Crippen molar-refractivity contribution >= 4 is 10.9 Å². The first-order valence-corrected chi connectivity index (χ1v) is 4.44. The van der Waals surface area contributed by atoms with Crippen molar-refractivity contribution in [3.05, 3.63) is 41.1 Å². The molecule has 1 nitrogen and oxygen atoms in total. The van der Waals surface area contributed by atoms with Gasteiger partial charge in [0.1, 0.15) is 0 Å². The molecule has 1 aromatic carbocycles. The summed E-state index contributed by atoms with van der Waals surface area (Å²) in [5, 5.41) is 1.14. The zero-order valence-corrected chi connectivity index (χ0v) is 8.18. The Kier molecular flexibility index (Phi) is 1.80. The first-order chi connectivity index (χ1) is 6.20. The Hall–Kier alpha value is -1.37. The van der Waals surface area contributed by atoms with Crippen molar-refractivity contribution < 1.29 is 0 Å². The van der Waals surface area contributed by atoms with Crippen molar-refractivity contribution in [1.82, 2.24) is 4.98 Å². The van der Waals surface area contributed by atoms with Crippen LogP contribution in [0.25, 0.3) is 10.9 Å². The van der Waals surface area contributed by atoms with Gasteiger partial charge in [-0.3, -0.25) is 4.98 Å². The molecule has 1 heterocycles. The van der Waals surface area contributed by atoms with Gasteiger partial charge < -0.3 is 0 Å². The monoisotopic (exact) mass is 170 g/mol. The molecule has 1 radical (unpaired) electrons. The molecule has 0 saturated heterocycles. The van der Waals surface area contributed by atoms with Crippen molar-refractivity contribution in [2.24, 2.45) is 0 Å². The molecule has 0 saturated carbocycles. The first kappa shape index (κ1) is 8.24. The predicted octanol–water partition coefficient (Wildman–Crippen LogP) is 2.96. The fraction of sp³-hybridized carbons (Fsp3) is 0.250. The maximum atomic E-state index is 4.50. The lowest BCUT2D eigenvalue weighted by Gasteiger charge is -2.07. The molecular formula is C12H12N. The van der Waals surface area contributed by atoms with E-state index in [0.717, 1.165) is 16.6 Å². The highest BCUT2D eigenvalue weighted by Gasteiger charge is 2.03. The third-order valence-electron chi connectivity index (χ3n) is 2.60. The molecule has 2 aromatic rings. The van der Waals surface area contributed by atoms with Gasteiger partial charge in [0, 0.05) is 11.1 Å². The summed E-state index contributed by atoms with van der Waals surface area (Å²) < 4.78 is 0. The van der Waals surface area contributed by atoms with Crippen molar-refractivity contribution in [3.63, 3.8) is 0 Å². The highest BCUT2D eigenvalue weighted by molar-refractivity contribution is 5.82. The molecule has 0 aliphatic rings. The Balaban J connectivity index is 2.94. The Morgan fingerprint density at radius 3 is 2.69 bits per heavy atom. The lowest BCUT2D eigenvalue weighted by atomic mass is 10.0. The molecule has 2 rings (SSSR count). The summed E-state index contributed by atoms with van der Waals surface area (Å²) in [7, 11) is 0. The molecule has 0 unspecified atom stereocenters. The van der Waals surface area contributed by atoms with Crippen LogP contribution in [0.4, 0.5) is 0 Å². The molecule has 0 atom stereocenters. The van der Waals surface area contributed by atoms with Crippen LogP contribution < -0.4 is 0 Å². The summed E-state index contributed by atoms with van der Waals surface area (Å²) in [6.45, 7) is 6.29. The molecule has 0 bridgehead atoms. The number of benzene rings is 1. The Labute approximate surface area is 78.4 Å². The molecule has 0 amide bonds. The number of hydrogen-bond acceptors (Lipinski definition) is 1. The van der Waals surface area contributed by atoms with Gasteiger partial charge in [-0.2, -0.15) is 0 Å². The minimum absolute atomic E-state index is 1.04. The SMILES string of the molecule is Cc1nc2ccc[c]c2c(C)c1C. The topological polar surface area (TPSA) is 12.9 Å². The molecular weight excluding hydrogens is 158 g/mol. The second kappa shape index (κ2) is 2.84. The van der Waals surface area contributed by atoms with E-state index < -0.39 is 0 Å². The average Bonchev–Trinajstić information content (AvgIpc) is 2.15. The van der Waals surface area contributed by atoms with Crippen molar-refractivity contribution in [2.75, 3.05) is 0 Å². The highest BCUT2D eigenvalue weighted by atomic mass is 14.7. The molecule has 0 fully saturated rings. The Bertz CT molecular complexity index is 458. The van der Waals surface area contributed by atoms with E-state index in [0.29, 0.717) is 0 Å². The van der Waals surface area contributed by atoms with E-state index in [9.17, 15) is 0 Å². The van der Waals surface area contributed by atoms with Gasteiger partial charge in [0.15, 0.2) is 0 Å². The van der Waals surface area contributed by atoms with Gasteiger partial charge in [-0.15, -0.1) is 0 Å². The van der Waals surface area contributed by atoms with Crippen LogP contribution in [0.1, 0.15) is 16.8 Å². The summed E-state index contributed by atoms with van der Waals surface area (Å²) in [6.07, 6.45) is 0. The Morgan fingerprint density at radius 1 is 1.15 bits per heavy atom. The minimum atomic E-state index is 1.04. The van der Waals surface area contributed by atoms with Crippen LogP contribution >= 0.6 is 0 Å². The first-order valence-electron chi connectivity index (χ1n) is 4.44. The number of aryl methyl sites for hydroxylation is 2. The Morgan fingerprint density at radius 2 is 1.92 bits per heavy atom. The fourth-order valence-electron chi connectivity index (χ4n) is 1.54. The fourth-order valence-corrected chi connectivity index (χ4v) is 1.54. The molecule has 0 aliphatic heterocycles. The van der Waals surface area contributed by atoms with Gasteiger partial charge in [-0.1, -0.05) is 12.1 Å². The number of fused-ring (bicyclic) bond motifs is 1. The molecule has 65 valence electrons. The number of hydrogen-bond donors (Lipinski definition) is 0. The zero-order chi connectivity index (χ0) is 9.42. The van der Waals surface area contributed by atoms with E-state index in [1.165, 1.54) is 11.1 Å². The maximum Gasteiger partial charge on any atom is 0.0714 e. The summed E-state index contributed by atoms with van der Waals surface area (Å²) in [6, 6.07) is 9.17. The van der Waals surface area contributed by atoms with Crippen LogP contribution in [0.15, 0.2) is 18.2 Å². The predicted molar refractivity (Wildman–Crippen MR) is 54.8 cm³/mol. The van der Waals surface area contributed by atoms with E-state index >= 15 is 0 Å². The third-order valence-corrected chi connectivity index (χ3v) is 2.60. The normalized spacial score (nSPS) is 10.7. The lowest BCUT2D eigenvalue weighted by molar-refractivity contribution is 1.17. The molecule has 13 heavy (non-hydrogen) atoms. The molecule has 1 aromatic heterocycles. The van der Waals surface area contributed by atoms with Crippen LogP contribution in [0, 0.1) is 26.8 Å². The third kappa shape index (κ3) is 1.21. The summed E-state index contributed by atoms with van der Waals surface area (Å²) in [5.74, 6) is 0. The number of rotatable bonds is 0. The quantitative estimate of drug-likeness (QED) is 0.592.